The maximum Gasteiger partial charge on any atom is 0.510 e. The van der Waals surface area contributed by atoms with E-state index in [4.69, 9.17) is 10.2 Å². The Morgan fingerprint density at radius 1 is 1.67 bits per heavy atom. The average Bonchev–Trinajstić information content (AvgIpc) is 1.80. The SMILES string of the molecule is O=C(O)OC=CCCO. The minimum Gasteiger partial charge on any atom is -0.449 e. The first-order chi connectivity index (χ1) is 4.27. The van der Waals surface area contributed by atoms with Crippen LogP contribution < -0.4 is 0 Å². The number of aliphatic hydroxyl groups is 1. The quantitative estimate of drug-likeness (QED) is 0.435. The zero-order valence-corrected chi connectivity index (χ0v) is 4.78. The molecule has 0 aliphatic heterocycles. The van der Waals surface area contributed by atoms with Gasteiger partial charge in [-0.05, 0) is 12.5 Å². The van der Waals surface area contributed by atoms with Gasteiger partial charge in [0, 0.05) is 6.61 Å². The van der Waals surface area contributed by atoms with Crippen LogP contribution in [0.4, 0.5) is 4.79 Å². The van der Waals surface area contributed by atoms with Crippen molar-refractivity contribution in [3.63, 3.8) is 0 Å². The summed E-state index contributed by atoms with van der Waals surface area (Å²) in [4.78, 5) is 9.63. The predicted octanol–water partition coefficient (Wildman–Crippen LogP) is 0.577. The van der Waals surface area contributed by atoms with Gasteiger partial charge in [0.15, 0.2) is 0 Å². The Hall–Kier alpha value is -1.03. The summed E-state index contributed by atoms with van der Waals surface area (Å²) < 4.78 is 3.97. The van der Waals surface area contributed by atoms with Crippen molar-refractivity contribution in [3.05, 3.63) is 12.3 Å². The van der Waals surface area contributed by atoms with Gasteiger partial charge in [0.1, 0.15) is 0 Å². The summed E-state index contributed by atoms with van der Waals surface area (Å²) in [6.45, 7) is -0.000517. The van der Waals surface area contributed by atoms with Crippen molar-refractivity contribution in [2.45, 2.75) is 6.42 Å². The first kappa shape index (κ1) is 7.97. The Morgan fingerprint density at radius 3 is 2.78 bits per heavy atom. The van der Waals surface area contributed by atoms with E-state index in [0.717, 1.165) is 6.26 Å². The van der Waals surface area contributed by atoms with Crippen LogP contribution in [-0.4, -0.2) is 23.0 Å². The minimum absolute atomic E-state index is 0.000517. The third kappa shape index (κ3) is 6.97. The lowest BCUT2D eigenvalue weighted by Crippen LogP contribution is -1.91. The van der Waals surface area contributed by atoms with Gasteiger partial charge in [-0.1, -0.05) is 0 Å². The molecule has 4 heteroatoms. The lowest BCUT2D eigenvalue weighted by molar-refractivity contribution is 0.127. The third-order valence-corrected chi connectivity index (χ3v) is 0.561. The summed E-state index contributed by atoms with van der Waals surface area (Å²) in [6, 6.07) is 0. The van der Waals surface area contributed by atoms with Gasteiger partial charge in [-0.3, -0.25) is 0 Å². The zero-order chi connectivity index (χ0) is 7.11. The molecule has 2 N–H and O–H groups in total. The van der Waals surface area contributed by atoms with Crippen LogP contribution in [0.1, 0.15) is 6.42 Å². The lowest BCUT2D eigenvalue weighted by Gasteiger charge is -1.86. The highest BCUT2D eigenvalue weighted by Crippen LogP contribution is 1.82. The van der Waals surface area contributed by atoms with Crippen LogP contribution in [0.15, 0.2) is 12.3 Å². The molecule has 0 aromatic carbocycles. The normalized spacial score (nSPS) is 9.89. The monoisotopic (exact) mass is 132 g/mol. The molecule has 0 bridgehead atoms. The average molecular weight is 132 g/mol. The van der Waals surface area contributed by atoms with Crippen LogP contribution >= 0.6 is 0 Å². The molecule has 0 radical (unpaired) electrons. The van der Waals surface area contributed by atoms with Gasteiger partial charge in [-0.25, -0.2) is 4.79 Å². The van der Waals surface area contributed by atoms with Crippen LogP contribution in [0.25, 0.3) is 0 Å². The third-order valence-electron chi connectivity index (χ3n) is 0.561. The highest BCUT2D eigenvalue weighted by atomic mass is 16.7. The van der Waals surface area contributed by atoms with Gasteiger partial charge < -0.3 is 14.9 Å². The van der Waals surface area contributed by atoms with E-state index in [-0.39, 0.29) is 6.61 Å². The van der Waals surface area contributed by atoms with Crippen LogP contribution in [0.2, 0.25) is 0 Å². The van der Waals surface area contributed by atoms with E-state index in [1.54, 1.807) is 0 Å². The fourth-order valence-corrected chi connectivity index (χ4v) is 0.249. The molecule has 9 heavy (non-hydrogen) atoms. The van der Waals surface area contributed by atoms with E-state index >= 15 is 0 Å². The highest BCUT2D eigenvalue weighted by molar-refractivity contribution is 5.57. The molecule has 4 nitrogen and oxygen atoms in total. The van der Waals surface area contributed by atoms with E-state index in [0.29, 0.717) is 6.42 Å². The topological polar surface area (TPSA) is 66.8 Å². The fraction of sp³-hybridized carbons (Fsp3) is 0.400. The molecule has 0 aromatic rings. The molecule has 0 fully saturated rings. The van der Waals surface area contributed by atoms with Gasteiger partial charge in [-0.2, -0.15) is 0 Å². The first-order valence-corrected chi connectivity index (χ1v) is 2.43. The van der Waals surface area contributed by atoms with Crippen LogP contribution in [0.3, 0.4) is 0 Å². The lowest BCUT2D eigenvalue weighted by atomic mass is 10.4. The highest BCUT2D eigenvalue weighted by Gasteiger charge is 1.86. The van der Waals surface area contributed by atoms with Gasteiger partial charge >= 0.3 is 6.16 Å². The minimum atomic E-state index is -1.34. The molecule has 0 rings (SSSR count). The van der Waals surface area contributed by atoms with Gasteiger partial charge in [0.25, 0.3) is 0 Å². The molecule has 0 aliphatic carbocycles. The number of rotatable bonds is 3. The smallest absolute Gasteiger partial charge is 0.449 e. The molecule has 0 spiro atoms. The first-order valence-electron chi connectivity index (χ1n) is 2.43. The van der Waals surface area contributed by atoms with E-state index in [1.165, 1.54) is 6.08 Å². The number of carbonyl (C=O) groups is 1. The van der Waals surface area contributed by atoms with Crippen molar-refractivity contribution in [3.8, 4) is 0 Å². The van der Waals surface area contributed by atoms with Gasteiger partial charge in [0.2, 0.25) is 0 Å². The molecule has 0 amide bonds. The standard InChI is InChI=1S/C5H8O4/c6-3-1-2-4-9-5(7)8/h2,4,6H,1,3H2,(H,7,8). The second-order valence-electron chi connectivity index (χ2n) is 1.27. The summed E-state index contributed by atoms with van der Waals surface area (Å²) in [7, 11) is 0. The van der Waals surface area contributed by atoms with Gasteiger partial charge in [0.05, 0.1) is 6.26 Å². The molecular formula is C5H8O4. The van der Waals surface area contributed by atoms with Crippen LogP contribution in [0, 0.1) is 0 Å². The molecule has 0 aliphatic rings. The van der Waals surface area contributed by atoms with Crippen molar-refractivity contribution < 1.29 is 19.7 Å². The molecular weight excluding hydrogens is 124 g/mol. The Balaban J connectivity index is 3.14. The number of aliphatic hydroxyl groups excluding tert-OH is 1. The van der Waals surface area contributed by atoms with Gasteiger partial charge in [-0.15, -0.1) is 0 Å². The zero-order valence-electron chi connectivity index (χ0n) is 4.78. The molecule has 0 aromatic heterocycles. The van der Waals surface area contributed by atoms with Crippen LogP contribution in [0.5, 0.6) is 0 Å². The number of hydrogen-bond donors (Lipinski definition) is 2. The maximum absolute atomic E-state index is 9.63. The van der Waals surface area contributed by atoms with Crippen molar-refractivity contribution in [1.82, 2.24) is 0 Å². The summed E-state index contributed by atoms with van der Waals surface area (Å²) in [5.74, 6) is 0. The van der Waals surface area contributed by atoms with E-state index in [1.807, 2.05) is 0 Å². The van der Waals surface area contributed by atoms with E-state index in [9.17, 15) is 4.79 Å². The molecule has 0 heterocycles. The maximum atomic E-state index is 9.63. The van der Waals surface area contributed by atoms with Crippen molar-refractivity contribution >= 4 is 6.16 Å². The summed E-state index contributed by atoms with van der Waals surface area (Å²) >= 11 is 0. The number of ether oxygens (including phenoxy) is 1. The Labute approximate surface area is 52.4 Å². The predicted molar refractivity (Wildman–Crippen MR) is 30.0 cm³/mol. The van der Waals surface area contributed by atoms with Crippen molar-refractivity contribution in [2.24, 2.45) is 0 Å². The molecule has 0 unspecified atom stereocenters. The Bertz CT molecular complexity index is 108. The molecule has 0 saturated carbocycles. The second kappa shape index (κ2) is 5.11. The van der Waals surface area contributed by atoms with Crippen molar-refractivity contribution in [2.75, 3.05) is 6.61 Å². The summed E-state index contributed by atoms with van der Waals surface area (Å²) in [5, 5.41) is 16.1. The van der Waals surface area contributed by atoms with E-state index < -0.39 is 6.16 Å². The molecule has 0 atom stereocenters. The van der Waals surface area contributed by atoms with Crippen LogP contribution in [-0.2, 0) is 4.74 Å². The number of carboxylic acid groups (broad SMARTS) is 1. The molecule has 52 valence electrons. The Morgan fingerprint density at radius 2 is 2.33 bits per heavy atom. The summed E-state index contributed by atoms with van der Waals surface area (Å²) in [5.41, 5.74) is 0. The van der Waals surface area contributed by atoms with Crippen molar-refractivity contribution in [1.29, 1.82) is 0 Å². The summed E-state index contributed by atoms with van der Waals surface area (Å²) in [6.07, 6.45) is 1.52. The fourth-order valence-electron chi connectivity index (χ4n) is 0.249. The largest absolute Gasteiger partial charge is 0.510 e. The number of hydrogen-bond acceptors (Lipinski definition) is 3. The van der Waals surface area contributed by atoms with E-state index in [2.05, 4.69) is 4.74 Å². The second-order valence-corrected chi connectivity index (χ2v) is 1.27. The Kier molecular flexibility index (Phi) is 4.53. The molecule has 0 saturated heterocycles.